The van der Waals surface area contributed by atoms with Crippen LogP contribution in [0.15, 0.2) is 24.6 Å². The van der Waals surface area contributed by atoms with E-state index in [0.717, 1.165) is 25.7 Å². The first kappa shape index (κ1) is 19.6. The van der Waals surface area contributed by atoms with Gasteiger partial charge >= 0.3 is 12.2 Å². The van der Waals surface area contributed by atoms with E-state index in [0.29, 0.717) is 24.5 Å². The van der Waals surface area contributed by atoms with Crippen LogP contribution in [0.3, 0.4) is 0 Å². The average Bonchev–Trinajstić information content (AvgIpc) is 2.45. The van der Waals surface area contributed by atoms with Gasteiger partial charge in [-0.25, -0.2) is 20.5 Å². The molecule has 0 saturated heterocycles. The van der Waals surface area contributed by atoms with E-state index in [-0.39, 0.29) is 0 Å². The standard InChI is InChI=1S/C14H26N4O4/c1-11(2)17-21-13(19)15-9-7-5-6-8-10-16-14(20)22-18-12(3)4/h17-18H,1,3,5-10H2,2,4H3,(H,15,19)(H,16,20). The maximum Gasteiger partial charge on any atom is 0.431 e. The molecule has 2 amide bonds. The van der Waals surface area contributed by atoms with E-state index >= 15 is 0 Å². The summed E-state index contributed by atoms with van der Waals surface area (Å²) in [4.78, 5) is 31.6. The minimum Gasteiger partial charge on any atom is -0.325 e. The highest BCUT2D eigenvalue weighted by Crippen LogP contribution is 1.98. The fourth-order valence-electron chi connectivity index (χ4n) is 1.32. The summed E-state index contributed by atoms with van der Waals surface area (Å²) in [6.45, 7) is 11.5. The van der Waals surface area contributed by atoms with Gasteiger partial charge in [0.05, 0.1) is 0 Å². The van der Waals surface area contributed by atoms with Crippen LogP contribution in [0, 0.1) is 0 Å². The van der Waals surface area contributed by atoms with E-state index < -0.39 is 12.2 Å². The highest BCUT2D eigenvalue weighted by molar-refractivity contribution is 5.67. The zero-order valence-electron chi connectivity index (χ0n) is 13.3. The molecule has 0 saturated carbocycles. The second-order valence-electron chi connectivity index (χ2n) is 4.81. The Morgan fingerprint density at radius 2 is 1.14 bits per heavy atom. The molecule has 0 unspecified atom stereocenters. The number of carbonyl (C=O) groups is 2. The monoisotopic (exact) mass is 314 g/mol. The van der Waals surface area contributed by atoms with Gasteiger partial charge in [-0.15, -0.1) is 0 Å². The van der Waals surface area contributed by atoms with E-state index in [1.807, 2.05) is 0 Å². The zero-order valence-corrected chi connectivity index (χ0v) is 13.3. The number of hydrogen-bond donors (Lipinski definition) is 4. The summed E-state index contributed by atoms with van der Waals surface area (Å²) >= 11 is 0. The maximum absolute atomic E-state index is 11.2. The van der Waals surface area contributed by atoms with Gasteiger partial charge in [0.25, 0.3) is 0 Å². The predicted molar refractivity (Wildman–Crippen MR) is 83.3 cm³/mol. The van der Waals surface area contributed by atoms with Crippen LogP contribution in [0.4, 0.5) is 9.59 Å². The Morgan fingerprint density at radius 1 is 0.773 bits per heavy atom. The van der Waals surface area contributed by atoms with Crippen molar-refractivity contribution in [3.63, 3.8) is 0 Å². The lowest BCUT2D eigenvalue weighted by atomic mass is 10.2. The minimum absolute atomic E-state index is 0.530. The highest BCUT2D eigenvalue weighted by atomic mass is 16.7. The van der Waals surface area contributed by atoms with Crippen molar-refractivity contribution in [2.24, 2.45) is 0 Å². The van der Waals surface area contributed by atoms with Crippen molar-refractivity contribution in [3.8, 4) is 0 Å². The van der Waals surface area contributed by atoms with Gasteiger partial charge in [-0.1, -0.05) is 26.0 Å². The molecule has 22 heavy (non-hydrogen) atoms. The number of amides is 2. The molecule has 0 aliphatic rings. The largest absolute Gasteiger partial charge is 0.431 e. The van der Waals surface area contributed by atoms with Crippen molar-refractivity contribution in [3.05, 3.63) is 24.6 Å². The van der Waals surface area contributed by atoms with Crippen molar-refractivity contribution in [1.82, 2.24) is 21.6 Å². The maximum atomic E-state index is 11.2. The molecule has 8 nitrogen and oxygen atoms in total. The third-order valence-electron chi connectivity index (χ3n) is 2.28. The molecule has 0 fully saturated rings. The number of hydroxylamine groups is 2. The molecule has 0 bridgehead atoms. The van der Waals surface area contributed by atoms with Crippen LogP contribution in [0.25, 0.3) is 0 Å². The van der Waals surface area contributed by atoms with Crippen LogP contribution in [-0.4, -0.2) is 25.3 Å². The normalized spacial score (nSPS) is 9.36. The Labute approximate surface area is 131 Å². The van der Waals surface area contributed by atoms with E-state index in [1.54, 1.807) is 13.8 Å². The van der Waals surface area contributed by atoms with Gasteiger partial charge in [-0.3, -0.25) is 0 Å². The van der Waals surface area contributed by atoms with Gasteiger partial charge in [0.2, 0.25) is 0 Å². The van der Waals surface area contributed by atoms with Crippen molar-refractivity contribution < 1.29 is 19.3 Å². The van der Waals surface area contributed by atoms with E-state index in [2.05, 4.69) is 44.4 Å². The molecule has 0 aromatic carbocycles. The number of carbonyl (C=O) groups excluding carboxylic acids is 2. The zero-order chi connectivity index (χ0) is 16.8. The Kier molecular flexibility index (Phi) is 11.0. The molecule has 0 aromatic rings. The van der Waals surface area contributed by atoms with Gasteiger partial charge in [0.15, 0.2) is 0 Å². The van der Waals surface area contributed by atoms with E-state index in [9.17, 15) is 9.59 Å². The fourth-order valence-corrected chi connectivity index (χ4v) is 1.32. The number of rotatable bonds is 11. The third-order valence-corrected chi connectivity index (χ3v) is 2.28. The van der Waals surface area contributed by atoms with Gasteiger partial charge in [0, 0.05) is 24.5 Å². The number of nitrogens with one attached hydrogen (secondary N) is 4. The number of allylic oxidation sites excluding steroid dienone is 2. The molecular formula is C14H26N4O4. The van der Waals surface area contributed by atoms with Gasteiger partial charge in [-0.2, -0.15) is 0 Å². The Bertz CT molecular complexity index is 349. The van der Waals surface area contributed by atoms with Gasteiger partial charge in [-0.05, 0) is 26.7 Å². The summed E-state index contributed by atoms with van der Waals surface area (Å²) in [5.41, 5.74) is 5.86. The summed E-state index contributed by atoms with van der Waals surface area (Å²) in [5.74, 6) is 0. The molecule has 8 heteroatoms. The Balaban J connectivity index is 3.33. The van der Waals surface area contributed by atoms with Gasteiger partial charge in [0.1, 0.15) is 0 Å². The summed E-state index contributed by atoms with van der Waals surface area (Å²) < 4.78 is 0. The average molecular weight is 314 g/mol. The molecule has 0 rings (SSSR count). The molecule has 126 valence electrons. The number of hydrogen-bond acceptors (Lipinski definition) is 6. The topological polar surface area (TPSA) is 101 Å². The van der Waals surface area contributed by atoms with Crippen molar-refractivity contribution in [1.29, 1.82) is 0 Å². The van der Waals surface area contributed by atoms with Gasteiger partial charge < -0.3 is 20.3 Å². The summed E-state index contributed by atoms with van der Waals surface area (Å²) in [5, 5.41) is 5.21. The lowest BCUT2D eigenvalue weighted by molar-refractivity contribution is 0.105. The lowest BCUT2D eigenvalue weighted by Crippen LogP contribution is -2.30. The first-order valence-corrected chi connectivity index (χ1v) is 7.14. The first-order valence-electron chi connectivity index (χ1n) is 7.14. The molecule has 0 heterocycles. The summed E-state index contributed by atoms with van der Waals surface area (Å²) in [6.07, 6.45) is 2.49. The Morgan fingerprint density at radius 3 is 1.45 bits per heavy atom. The highest BCUT2D eigenvalue weighted by Gasteiger charge is 2.02. The van der Waals surface area contributed by atoms with Crippen LogP contribution in [-0.2, 0) is 9.68 Å². The smallest absolute Gasteiger partial charge is 0.325 e. The third kappa shape index (κ3) is 14.0. The van der Waals surface area contributed by atoms with Crippen molar-refractivity contribution in [2.75, 3.05) is 13.1 Å². The fraction of sp³-hybridized carbons (Fsp3) is 0.571. The van der Waals surface area contributed by atoms with Crippen LogP contribution in [0.1, 0.15) is 39.5 Å². The van der Waals surface area contributed by atoms with E-state index in [4.69, 9.17) is 0 Å². The molecule has 0 aliphatic heterocycles. The number of unbranched alkanes of at least 4 members (excludes halogenated alkanes) is 3. The lowest BCUT2D eigenvalue weighted by Gasteiger charge is -2.08. The van der Waals surface area contributed by atoms with Crippen molar-refractivity contribution in [2.45, 2.75) is 39.5 Å². The predicted octanol–water partition coefficient (Wildman–Crippen LogP) is 2.08. The second-order valence-corrected chi connectivity index (χ2v) is 4.81. The molecule has 0 spiro atoms. The Hall–Kier alpha value is -2.38. The minimum atomic E-state index is -0.530. The molecular weight excluding hydrogens is 288 g/mol. The molecule has 0 aromatic heterocycles. The van der Waals surface area contributed by atoms with Crippen LogP contribution in [0.2, 0.25) is 0 Å². The molecule has 0 radical (unpaired) electrons. The van der Waals surface area contributed by atoms with Crippen molar-refractivity contribution >= 4 is 12.2 Å². The summed E-state index contributed by atoms with van der Waals surface area (Å²) in [7, 11) is 0. The molecule has 0 atom stereocenters. The first-order chi connectivity index (χ1) is 10.4. The second kappa shape index (κ2) is 12.4. The molecule has 0 aliphatic carbocycles. The van der Waals surface area contributed by atoms with Crippen LogP contribution >= 0.6 is 0 Å². The van der Waals surface area contributed by atoms with E-state index in [1.165, 1.54) is 0 Å². The van der Waals surface area contributed by atoms with Crippen LogP contribution < -0.4 is 21.6 Å². The SMILES string of the molecule is C=C(C)NOC(=O)NCCCCCCNC(=O)ONC(=C)C. The molecule has 4 N–H and O–H groups in total. The quantitative estimate of drug-likeness (QED) is 0.344. The van der Waals surface area contributed by atoms with Crippen LogP contribution in [0.5, 0.6) is 0 Å². The summed E-state index contributed by atoms with van der Waals surface area (Å²) in [6, 6.07) is 0.